The van der Waals surface area contributed by atoms with Crippen molar-refractivity contribution in [3.05, 3.63) is 48.2 Å². The topological polar surface area (TPSA) is 76.8 Å². The van der Waals surface area contributed by atoms with Gasteiger partial charge in [-0.1, -0.05) is 58.5 Å². The third-order valence-electron chi connectivity index (χ3n) is 4.99. The quantitative estimate of drug-likeness (QED) is 0.350. The Kier molecular flexibility index (Phi) is 7.28. The molecule has 3 rings (SSSR count). The molecule has 0 N–H and O–H groups in total. The lowest BCUT2D eigenvalue weighted by molar-refractivity contribution is 0.343. The second-order valence-electron chi connectivity index (χ2n) is 8.14. The lowest BCUT2D eigenvalue weighted by Crippen LogP contribution is -2.30. The minimum Gasteiger partial charge on any atom is -0.493 e. The van der Waals surface area contributed by atoms with Gasteiger partial charge in [0.05, 0.1) is 11.5 Å². The van der Waals surface area contributed by atoms with Crippen LogP contribution in [0.15, 0.2) is 52.6 Å². The van der Waals surface area contributed by atoms with E-state index in [0.717, 1.165) is 5.75 Å². The Balaban J connectivity index is 1.66. The van der Waals surface area contributed by atoms with Gasteiger partial charge in [0.2, 0.25) is 10.0 Å². The van der Waals surface area contributed by atoms with Gasteiger partial charge in [-0.2, -0.15) is 4.31 Å². The summed E-state index contributed by atoms with van der Waals surface area (Å²) in [6.07, 6.45) is 1.59. The molecule has 1 aromatic carbocycles. The summed E-state index contributed by atoms with van der Waals surface area (Å²) in [6, 6.07) is 11.4. The molecule has 0 atom stereocenters. The molecule has 0 saturated heterocycles. The normalized spacial score (nSPS) is 12.6. The standard InChI is InChI=1S/C22H30N4O3S2/c1-6-25(7-2)31(27,28)19-12-13-20-23-24-21(26(20)16-19)30-15-14-29-18-10-8-17(9-11-18)22(3,4)5/h8-13,16H,6-7,14-15H2,1-5H3. The number of rotatable bonds is 9. The third-order valence-corrected chi connectivity index (χ3v) is 7.93. The Morgan fingerprint density at radius 1 is 1.03 bits per heavy atom. The summed E-state index contributed by atoms with van der Waals surface area (Å²) in [7, 11) is -3.54. The summed E-state index contributed by atoms with van der Waals surface area (Å²) in [5, 5.41) is 8.98. The number of pyridine rings is 1. The fourth-order valence-corrected chi connectivity index (χ4v) is 5.35. The van der Waals surface area contributed by atoms with Gasteiger partial charge in [-0.15, -0.1) is 10.2 Å². The van der Waals surface area contributed by atoms with Crippen molar-refractivity contribution in [2.24, 2.45) is 0 Å². The first-order chi connectivity index (χ1) is 14.7. The van der Waals surface area contributed by atoms with Crippen molar-refractivity contribution >= 4 is 27.4 Å². The van der Waals surface area contributed by atoms with Crippen molar-refractivity contribution in [2.45, 2.75) is 50.1 Å². The van der Waals surface area contributed by atoms with Crippen LogP contribution in [0.25, 0.3) is 5.65 Å². The molecule has 9 heteroatoms. The zero-order valence-electron chi connectivity index (χ0n) is 18.7. The number of hydrogen-bond acceptors (Lipinski definition) is 6. The monoisotopic (exact) mass is 462 g/mol. The molecule has 168 valence electrons. The van der Waals surface area contributed by atoms with Crippen LogP contribution in [0.3, 0.4) is 0 Å². The van der Waals surface area contributed by atoms with Gasteiger partial charge in [0.25, 0.3) is 0 Å². The molecule has 0 unspecified atom stereocenters. The minimum atomic E-state index is -3.54. The number of hydrogen-bond donors (Lipinski definition) is 0. The molecule has 0 aliphatic heterocycles. The summed E-state index contributed by atoms with van der Waals surface area (Å²) in [6.45, 7) is 11.6. The van der Waals surface area contributed by atoms with E-state index in [1.807, 2.05) is 26.0 Å². The number of sulfonamides is 1. The van der Waals surface area contributed by atoms with Crippen LogP contribution in [0.1, 0.15) is 40.2 Å². The lowest BCUT2D eigenvalue weighted by atomic mass is 9.87. The van der Waals surface area contributed by atoms with Crippen LogP contribution in [0.5, 0.6) is 5.75 Å². The van der Waals surface area contributed by atoms with E-state index in [9.17, 15) is 8.42 Å². The third kappa shape index (κ3) is 5.39. The van der Waals surface area contributed by atoms with Crippen LogP contribution < -0.4 is 4.74 Å². The lowest BCUT2D eigenvalue weighted by Gasteiger charge is -2.19. The van der Waals surface area contributed by atoms with Gasteiger partial charge in [0.1, 0.15) is 5.75 Å². The fraction of sp³-hybridized carbons (Fsp3) is 0.455. The molecule has 0 aliphatic carbocycles. The number of benzene rings is 1. The Labute approximate surface area is 188 Å². The molecule has 0 saturated carbocycles. The van der Waals surface area contributed by atoms with Gasteiger partial charge in [-0.25, -0.2) is 8.42 Å². The SMILES string of the molecule is CCN(CC)S(=O)(=O)c1ccc2nnc(SCCOc3ccc(C(C)(C)C)cc3)n2c1. The van der Waals surface area contributed by atoms with Gasteiger partial charge < -0.3 is 4.74 Å². The molecule has 3 aromatic rings. The molecule has 0 fully saturated rings. The molecule has 0 radical (unpaired) electrons. The molecule has 31 heavy (non-hydrogen) atoms. The van der Waals surface area contributed by atoms with Crippen molar-refractivity contribution in [3.8, 4) is 5.75 Å². The van der Waals surface area contributed by atoms with Crippen molar-refractivity contribution < 1.29 is 13.2 Å². The number of thioether (sulfide) groups is 1. The summed E-state index contributed by atoms with van der Waals surface area (Å²) in [5.74, 6) is 1.49. The van der Waals surface area contributed by atoms with Crippen LogP contribution >= 0.6 is 11.8 Å². The summed E-state index contributed by atoms with van der Waals surface area (Å²) in [5.41, 5.74) is 1.99. The second kappa shape index (κ2) is 9.58. The maximum atomic E-state index is 12.8. The van der Waals surface area contributed by atoms with Crippen LogP contribution in [-0.2, 0) is 15.4 Å². The molecule has 0 bridgehead atoms. The van der Waals surface area contributed by atoms with Crippen molar-refractivity contribution in [1.82, 2.24) is 18.9 Å². The predicted octanol–water partition coefficient (Wildman–Crippen LogP) is 4.23. The van der Waals surface area contributed by atoms with Crippen molar-refractivity contribution in [3.63, 3.8) is 0 Å². The van der Waals surface area contributed by atoms with Crippen LogP contribution in [0.4, 0.5) is 0 Å². The van der Waals surface area contributed by atoms with E-state index >= 15 is 0 Å². The van der Waals surface area contributed by atoms with Gasteiger partial charge in [-0.3, -0.25) is 4.40 Å². The smallest absolute Gasteiger partial charge is 0.244 e. The average Bonchev–Trinajstić information content (AvgIpc) is 3.14. The Bertz CT molecular complexity index is 1120. The molecule has 2 heterocycles. The first-order valence-electron chi connectivity index (χ1n) is 10.4. The van der Waals surface area contributed by atoms with E-state index in [1.54, 1.807) is 22.7 Å². The fourth-order valence-electron chi connectivity index (χ4n) is 3.16. The van der Waals surface area contributed by atoms with Crippen LogP contribution in [-0.4, -0.2) is 52.8 Å². The molecule has 0 aliphatic rings. The highest BCUT2D eigenvalue weighted by Gasteiger charge is 2.22. The van der Waals surface area contributed by atoms with Crippen molar-refractivity contribution in [2.75, 3.05) is 25.4 Å². The van der Waals surface area contributed by atoms with Gasteiger partial charge >= 0.3 is 0 Å². The Hall–Kier alpha value is -2.10. The predicted molar refractivity (Wildman–Crippen MR) is 124 cm³/mol. The van der Waals surface area contributed by atoms with Crippen LogP contribution in [0.2, 0.25) is 0 Å². The first-order valence-corrected chi connectivity index (χ1v) is 12.8. The largest absolute Gasteiger partial charge is 0.493 e. The van der Waals surface area contributed by atoms with Gasteiger partial charge in [0, 0.05) is 25.0 Å². The zero-order chi connectivity index (χ0) is 22.6. The molecular weight excluding hydrogens is 432 g/mol. The highest BCUT2D eigenvalue weighted by atomic mass is 32.2. The number of nitrogens with zero attached hydrogens (tertiary/aromatic N) is 4. The highest BCUT2D eigenvalue weighted by molar-refractivity contribution is 7.99. The van der Waals surface area contributed by atoms with E-state index < -0.39 is 10.0 Å². The van der Waals surface area contributed by atoms with Crippen LogP contribution in [0, 0.1) is 0 Å². The molecule has 0 spiro atoms. The zero-order valence-corrected chi connectivity index (χ0v) is 20.3. The molecule has 7 nitrogen and oxygen atoms in total. The maximum Gasteiger partial charge on any atom is 0.244 e. The summed E-state index contributed by atoms with van der Waals surface area (Å²) >= 11 is 1.48. The summed E-state index contributed by atoms with van der Waals surface area (Å²) < 4.78 is 34.6. The second-order valence-corrected chi connectivity index (χ2v) is 11.1. The van der Waals surface area contributed by atoms with Crippen molar-refractivity contribution in [1.29, 1.82) is 0 Å². The van der Waals surface area contributed by atoms with Gasteiger partial charge in [0.15, 0.2) is 10.8 Å². The number of ether oxygens (including phenoxy) is 1. The molecule has 2 aromatic heterocycles. The van der Waals surface area contributed by atoms with E-state index in [0.29, 0.717) is 36.3 Å². The summed E-state index contributed by atoms with van der Waals surface area (Å²) in [4.78, 5) is 0.237. The first kappa shape index (κ1) is 23.6. The molecule has 0 amide bonds. The average molecular weight is 463 g/mol. The highest BCUT2D eigenvalue weighted by Crippen LogP contribution is 2.25. The molecular formula is C22H30N4O3S2. The van der Waals surface area contributed by atoms with E-state index in [4.69, 9.17) is 4.74 Å². The number of aromatic nitrogens is 3. The Morgan fingerprint density at radius 3 is 2.32 bits per heavy atom. The maximum absolute atomic E-state index is 12.8. The minimum absolute atomic E-state index is 0.112. The van der Waals surface area contributed by atoms with E-state index in [2.05, 4.69) is 43.1 Å². The van der Waals surface area contributed by atoms with E-state index in [-0.39, 0.29) is 10.3 Å². The Morgan fingerprint density at radius 2 is 1.71 bits per heavy atom. The number of fused-ring (bicyclic) bond motifs is 1. The van der Waals surface area contributed by atoms with Gasteiger partial charge in [-0.05, 0) is 35.2 Å². The van der Waals surface area contributed by atoms with E-state index in [1.165, 1.54) is 21.6 Å².